The van der Waals surface area contributed by atoms with Crippen LogP contribution in [0.2, 0.25) is 0 Å². The van der Waals surface area contributed by atoms with Crippen LogP contribution in [-0.2, 0) is 4.79 Å². The molecule has 0 aromatic heterocycles. The summed E-state index contributed by atoms with van der Waals surface area (Å²) in [4.78, 5) is 11.4. The number of ketones is 1. The third-order valence-corrected chi connectivity index (χ3v) is 3.42. The van der Waals surface area contributed by atoms with Gasteiger partial charge in [-0.3, -0.25) is 4.79 Å². The minimum absolute atomic E-state index is 0.574. The van der Waals surface area contributed by atoms with E-state index in [1.807, 2.05) is 0 Å². The molecule has 0 heterocycles. The number of benzene rings is 1. The quantitative estimate of drug-likeness (QED) is 0.313. The van der Waals surface area contributed by atoms with Crippen molar-refractivity contribution in [3.8, 4) is 0 Å². The first kappa shape index (κ1) is 18.8. The molecule has 1 atom stereocenters. The van der Waals surface area contributed by atoms with Crippen LogP contribution in [0, 0.1) is 29.1 Å². The van der Waals surface area contributed by atoms with Gasteiger partial charge in [0, 0.05) is 6.42 Å². The van der Waals surface area contributed by atoms with E-state index in [9.17, 15) is 44.3 Å². The molecule has 1 aromatic rings. The second kappa shape index (κ2) is 6.08. The van der Waals surface area contributed by atoms with Crippen molar-refractivity contribution < 1.29 is 44.3 Å². The van der Waals surface area contributed by atoms with Crippen molar-refractivity contribution in [1.29, 1.82) is 0 Å². The average molecular weight is 372 g/mol. The molecular weight excluding hydrogens is 367 g/mol. The summed E-state index contributed by atoms with van der Waals surface area (Å²) in [6.45, 7) is 2.95. The summed E-state index contributed by atoms with van der Waals surface area (Å²) >= 11 is 0. The van der Waals surface area contributed by atoms with Gasteiger partial charge < -0.3 is 0 Å². The van der Waals surface area contributed by atoms with Crippen molar-refractivity contribution in [2.24, 2.45) is 0 Å². The number of carbonyl (C=O) groups is 1. The monoisotopic (exact) mass is 372 g/mol. The molecule has 1 aliphatic rings. The van der Waals surface area contributed by atoms with Crippen LogP contribution in [0.1, 0.15) is 12.0 Å². The van der Waals surface area contributed by atoms with E-state index in [1.165, 1.54) is 0 Å². The Bertz CT molecular complexity index is 839. The van der Waals surface area contributed by atoms with Gasteiger partial charge in [-0.15, -0.1) is 6.58 Å². The molecule has 1 aliphatic carbocycles. The molecule has 0 spiro atoms. The SMILES string of the molecule is C=CCC1(F)C(=O)C(F)=C(F)C(c2c(F)c(F)c(F)c(F)c2F)=C1F. The van der Waals surface area contributed by atoms with Gasteiger partial charge in [0.2, 0.25) is 23.1 Å². The lowest BCUT2D eigenvalue weighted by Crippen LogP contribution is -2.38. The topological polar surface area (TPSA) is 17.1 Å². The molecule has 0 aliphatic heterocycles. The Morgan fingerprint density at radius 1 is 0.800 bits per heavy atom. The van der Waals surface area contributed by atoms with E-state index < -0.39 is 75.6 Å². The van der Waals surface area contributed by atoms with E-state index in [0.717, 1.165) is 0 Å². The van der Waals surface area contributed by atoms with Gasteiger partial charge in [0.15, 0.2) is 34.9 Å². The zero-order chi connectivity index (χ0) is 19.3. The van der Waals surface area contributed by atoms with Crippen LogP contribution in [-0.4, -0.2) is 11.5 Å². The first-order valence-electron chi connectivity index (χ1n) is 6.33. The molecule has 0 bridgehead atoms. The molecule has 0 radical (unpaired) electrons. The van der Waals surface area contributed by atoms with Gasteiger partial charge in [0.1, 0.15) is 0 Å². The molecule has 0 fully saturated rings. The van der Waals surface area contributed by atoms with Gasteiger partial charge in [-0.25, -0.2) is 35.1 Å². The van der Waals surface area contributed by atoms with Crippen molar-refractivity contribution in [3.05, 3.63) is 64.8 Å². The Morgan fingerprint density at radius 2 is 1.24 bits per heavy atom. The molecule has 1 aromatic carbocycles. The van der Waals surface area contributed by atoms with Gasteiger partial charge in [-0.05, 0) is 0 Å². The fourth-order valence-corrected chi connectivity index (χ4v) is 2.20. The highest BCUT2D eigenvalue weighted by molar-refractivity contribution is 6.09. The van der Waals surface area contributed by atoms with Crippen LogP contribution in [0.25, 0.3) is 5.57 Å². The molecule has 10 heteroatoms. The summed E-state index contributed by atoms with van der Waals surface area (Å²) < 4.78 is 123. The minimum atomic E-state index is -3.95. The zero-order valence-corrected chi connectivity index (χ0v) is 11.8. The lowest BCUT2D eigenvalue weighted by atomic mass is 9.83. The van der Waals surface area contributed by atoms with Gasteiger partial charge in [0.05, 0.1) is 11.1 Å². The van der Waals surface area contributed by atoms with Crippen LogP contribution < -0.4 is 0 Å². The van der Waals surface area contributed by atoms with Crippen molar-refractivity contribution >= 4 is 11.4 Å². The molecule has 134 valence electrons. The summed E-state index contributed by atoms with van der Waals surface area (Å²) in [5.74, 6) is -23.3. The fraction of sp³-hybridized carbons (Fsp3) is 0.133. The Morgan fingerprint density at radius 3 is 1.68 bits per heavy atom. The molecule has 2 rings (SSSR count). The van der Waals surface area contributed by atoms with Gasteiger partial charge >= 0.3 is 0 Å². The number of Topliss-reactive ketones (excluding diaryl/α,β-unsaturated/α-hetero) is 1. The van der Waals surface area contributed by atoms with Crippen molar-refractivity contribution in [1.82, 2.24) is 0 Å². The van der Waals surface area contributed by atoms with E-state index in [2.05, 4.69) is 6.58 Å². The van der Waals surface area contributed by atoms with Crippen LogP contribution in [0.3, 0.4) is 0 Å². The second-order valence-corrected chi connectivity index (χ2v) is 4.88. The maximum atomic E-state index is 14.5. The summed E-state index contributed by atoms with van der Waals surface area (Å²) in [7, 11) is 0. The molecule has 1 nitrogen and oxygen atoms in total. The molecule has 25 heavy (non-hydrogen) atoms. The maximum absolute atomic E-state index is 14.5. The Labute approximate surface area is 133 Å². The van der Waals surface area contributed by atoms with E-state index in [-0.39, 0.29) is 0 Å². The first-order chi connectivity index (χ1) is 11.5. The molecule has 0 N–H and O–H groups in total. The standard InChI is InChI=1S/C15H5F9O/c1-2-3-15(24)13(23)5(8(18)12(22)14(15)25)4-6(16)9(19)11(21)10(20)7(4)17/h2H,1,3H2. The first-order valence-corrected chi connectivity index (χ1v) is 6.33. The lowest BCUT2D eigenvalue weighted by Gasteiger charge is -2.26. The largest absolute Gasteiger partial charge is 0.287 e. The molecule has 0 saturated heterocycles. The Balaban J connectivity index is 2.97. The molecule has 1 unspecified atom stereocenters. The third kappa shape index (κ3) is 2.47. The van der Waals surface area contributed by atoms with Crippen LogP contribution in [0.15, 0.2) is 30.1 Å². The van der Waals surface area contributed by atoms with E-state index in [4.69, 9.17) is 0 Å². The lowest BCUT2D eigenvalue weighted by molar-refractivity contribution is -0.127. The number of hydrogen-bond acceptors (Lipinski definition) is 1. The predicted octanol–water partition coefficient (Wildman–Crippen LogP) is 5.08. The van der Waals surface area contributed by atoms with Crippen molar-refractivity contribution in [3.63, 3.8) is 0 Å². The van der Waals surface area contributed by atoms with E-state index in [0.29, 0.717) is 6.08 Å². The van der Waals surface area contributed by atoms with E-state index >= 15 is 0 Å². The summed E-state index contributed by atoms with van der Waals surface area (Å²) in [5.41, 5.74) is -8.40. The second-order valence-electron chi connectivity index (χ2n) is 4.88. The number of hydrogen-bond donors (Lipinski definition) is 0. The minimum Gasteiger partial charge on any atom is -0.287 e. The summed E-state index contributed by atoms with van der Waals surface area (Å²) in [6.07, 6.45) is -0.707. The molecule has 0 saturated carbocycles. The number of allylic oxidation sites excluding steroid dienone is 5. The Hall–Kier alpha value is -2.52. The van der Waals surface area contributed by atoms with Crippen LogP contribution >= 0.6 is 0 Å². The average Bonchev–Trinajstić information content (AvgIpc) is 2.58. The fourth-order valence-electron chi connectivity index (χ4n) is 2.20. The number of rotatable bonds is 3. The van der Waals surface area contributed by atoms with Crippen LogP contribution in [0.5, 0.6) is 0 Å². The Kier molecular flexibility index (Phi) is 4.58. The third-order valence-electron chi connectivity index (χ3n) is 3.42. The molecular formula is C15H5F9O. The van der Waals surface area contributed by atoms with E-state index in [1.54, 1.807) is 0 Å². The van der Waals surface area contributed by atoms with Gasteiger partial charge in [0.25, 0.3) is 0 Å². The highest BCUT2D eigenvalue weighted by Crippen LogP contribution is 2.47. The smallest absolute Gasteiger partial charge is 0.238 e. The predicted molar refractivity (Wildman–Crippen MR) is 67.2 cm³/mol. The van der Waals surface area contributed by atoms with Crippen molar-refractivity contribution in [2.75, 3.05) is 0 Å². The maximum Gasteiger partial charge on any atom is 0.238 e. The van der Waals surface area contributed by atoms with Gasteiger partial charge in [-0.2, -0.15) is 4.39 Å². The summed E-state index contributed by atoms with van der Waals surface area (Å²) in [6, 6.07) is 0. The molecule has 0 amide bonds. The highest BCUT2D eigenvalue weighted by Gasteiger charge is 2.52. The highest BCUT2D eigenvalue weighted by atomic mass is 19.2. The number of alkyl halides is 1. The normalized spacial score (nSPS) is 21.2. The van der Waals surface area contributed by atoms with Crippen LogP contribution in [0.4, 0.5) is 39.5 Å². The van der Waals surface area contributed by atoms with Gasteiger partial charge in [-0.1, -0.05) is 6.08 Å². The number of halogens is 9. The van der Waals surface area contributed by atoms with Crippen molar-refractivity contribution in [2.45, 2.75) is 12.1 Å². The summed E-state index contributed by atoms with van der Waals surface area (Å²) in [5, 5.41) is 0. The number of carbonyl (C=O) groups excluding carboxylic acids is 1. The zero-order valence-electron chi connectivity index (χ0n) is 11.8.